The number of hydrogen-bond acceptors (Lipinski definition) is 5. The largest absolute Gasteiger partial charge is 0.481 e. The van der Waals surface area contributed by atoms with Crippen LogP contribution in [-0.2, 0) is 24.2 Å². The Morgan fingerprint density at radius 2 is 1.74 bits per heavy atom. The monoisotopic (exact) mass is 541 g/mol. The number of amides is 1. The highest BCUT2D eigenvalue weighted by atomic mass is 35.5. The summed E-state index contributed by atoms with van der Waals surface area (Å²) in [7, 11) is -3.52. The van der Waals surface area contributed by atoms with Crippen molar-refractivity contribution in [3.63, 3.8) is 0 Å². The smallest absolute Gasteiger partial charge is 0.306 e. The molecular formula is C25H29Cl2NO6S. The molecule has 7 nitrogen and oxygen atoms in total. The maximum atomic E-state index is 13.7. The molecular weight excluding hydrogens is 513 g/mol. The van der Waals surface area contributed by atoms with E-state index in [0.717, 1.165) is 0 Å². The number of carboxylic acids is 1. The van der Waals surface area contributed by atoms with Crippen molar-refractivity contribution < 1.29 is 27.9 Å². The second-order valence-corrected chi connectivity index (χ2v) is 12.4. The number of nitrogens with zero attached hydrogens (tertiary/aromatic N) is 1. The summed E-state index contributed by atoms with van der Waals surface area (Å²) in [6.45, 7) is 5.01. The van der Waals surface area contributed by atoms with Crippen molar-refractivity contribution in [1.82, 2.24) is 4.90 Å². The summed E-state index contributed by atoms with van der Waals surface area (Å²) < 4.78 is 31.9. The molecule has 4 atom stereocenters. The summed E-state index contributed by atoms with van der Waals surface area (Å²) in [4.78, 5) is 26.8. The Hall–Kier alpha value is -2.13. The molecule has 1 aliphatic heterocycles. The molecule has 2 aromatic carbocycles. The van der Waals surface area contributed by atoms with Gasteiger partial charge < -0.3 is 14.7 Å². The fourth-order valence-electron chi connectivity index (χ4n) is 4.26. The first-order valence-electron chi connectivity index (χ1n) is 11.4. The van der Waals surface area contributed by atoms with Crippen LogP contribution in [0, 0.1) is 0 Å². The summed E-state index contributed by atoms with van der Waals surface area (Å²) in [6, 6.07) is 12.4. The predicted molar refractivity (Wildman–Crippen MR) is 135 cm³/mol. The van der Waals surface area contributed by atoms with Gasteiger partial charge in [0.2, 0.25) is 0 Å². The van der Waals surface area contributed by atoms with Gasteiger partial charge in [-0.2, -0.15) is 0 Å². The van der Waals surface area contributed by atoms with Gasteiger partial charge in [-0.3, -0.25) is 9.59 Å². The molecule has 0 aromatic heterocycles. The fraction of sp³-hybridized carbons (Fsp3) is 0.440. The van der Waals surface area contributed by atoms with Crippen LogP contribution in [0.4, 0.5) is 0 Å². The van der Waals surface area contributed by atoms with Crippen molar-refractivity contribution in [2.45, 2.75) is 63.2 Å². The fourth-order valence-corrected chi connectivity index (χ4v) is 5.90. The number of aliphatic carboxylic acids is 1. The molecule has 1 saturated heterocycles. The van der Waals surface area contributed by atoms with E-state index >= 15 is 0 Å². The van der Waals surface area contributed by atoms with E-state index in [1.54, 1.807) is 62.4 Å². The molecule has 1 N–H and O–H groups in total. The van der Waals surface area contributed by atoms with E-state index in [0.29, 0.717) is 27.6 Å². The molecule has 3 rings (SSSR count). The van der Waals surface area contributed by atoms with E-state index in [2.05, 4.69) is 0 Å². The number of hydrogen-bond donors (Lipinski definition) is 1. The van der Waals surface area contributed by atoms with E-state index in [1.807, 2.05) is 6.92 Å². The predicted octanol–water partition coefficient (Wildman–Crippen LogP) is 5.08. The Kier molecular flexibility index (Phi) is 8.86. The molecule has 1 aliphatic rings. The topological polar surface area (TPSA) is 101 Å². The molecule has 35 heavy (non-hydrogen) atoms. The van der Waals surface area contributed by atoms with Gasteiger partial charge in [0.25, 0.3) is 5.91 Å². The second kappa shape index (κ2) is 11.3. The van der Waals surface area contributed by atoms with Gasteiger partial charge >= 0.3 is 5.97 Å². The summed E-state index contributed by atoms with van der Waals surface area (Å²) in [5.41, 5.74) is 1.33. The van der Waals surface area contributed by atoms with Crippen molar-refractivity contribution in [2.75, 3.05) is 5.75 Å². The number of carbonyl (C=O) groups is 2. The maximum Gasteiger partial charge on any atom is 0.306 e. The van der Waals surface area contributed by atoms with Crippen molar-refractivity contribution >= 4 is 44.9 Å². The quantitative estimate of drug-likeness (QED) is 0.475. The van der Waals surface area contributed by atoms with E-state index in [4.69, 9.17) is 27.9 Å². The van der Waals surface area contributed by atoms with Crippen molar-refractivity contribution in [2.24, 2.45) is 0 Å². The van der Waals surface area contributed by atoms with Gasteiger partial charge in [-0.25, -0.2) is 8.42 Å². The number of ether oxygens (including phenoxy) is 1. The number of morpholine rings is 1. The van der Waals surface area contributed by atoms with E-state index in [9.17, 15) is 23.1 Å². The zero-order valence-corrected chi connectivity index (χ0v) is 22.1. The zero-order valence-electron chi connectivity index (χ0n) is 19.7. The highest BCUT2D eigenvalue weighted by molar-refractivity contribution is 7.92. The van der Waals surface area contributed by atoms with Crippen molar-refractivity contribution in [3.8, 4) is 0 Å². The molecule has 0 bridgehead atoms. The standard InChI is InChI=1S/C25H29Cl2NO6S/c1-4-20(14-35(32,33)15(2)3)28-23(16-8-10-18(26)11-9-16)24(17-6-5-7-19(27)12-17)34-21(25(28)31)13-22(29)30/h5-12,15,20-21,23-24H,4,13-14H2,1-3H3,(H,29,30)/t20?,21-,23?,24-/m1/s1. The number of benzene rings is 2. The van der Waals surface area contributed by atoms with Crippen molar-refractivity contribution in [1.29, 1.82) is 0 Å². The molecule has 0 radical (unpaired) electrons. The molecule has 0 spiro atoms. The lowest BCUT2D eigenvalue weighted by atomic mass is 9.89. The Morgan fingerprint density at radius 1 is 1.09 bits per heavy atom. The minimum Gasteiger partial charge on any atom is -0.481 e. The summed E-state index contributed by atoms with van der Waals surface area (Å²) in [5.74, 6) is -2.00. The van der Waals surface area contributed by atoms with Crippen LogP contribution in [0.1, 0.15) is 56.9 Å². The average molecular weight is 542 g/mol. The SMILES string of the molecule is CCC(CS(=O)(=O)C(C)C)N1C(=O)[C@@H](CC(=O)O)O[C@H](c2cccc(Cl)c2)C1c1ccc(Cl)cc1. The first-order valence-corrected chi connectivity index (χ1v) is 13.8. The van der Waals surface area contributed by atoms with Gasteiger partial charge in [0.05, 0.1) is 23.5 Å². The Balaban J connectivity index is 2.21. The molecule has 1 fully saturated rings. The molecule has 2 aromatic rings. The van der Waals surface area contributed by atoms with Gasteiger partial charge in [0, 0.05) is 16.1 Å². The molecule has 0 saturated carbocycles. The summed E-state index contributed by atoms with van der Waals surface area (Å²) >= 11 is 12.4. The van der Waals surface area contributed by atoms with Crippen molar-refractivity contribution in [3.05, 3.63) is 69.7 Å². The number of carbonyl (C=O) groups excluding carboxylic acids is 1. The van der Waals surface area contributed by atoms with Crippen LogP contribution in [0.25, 0.3) is 0 Å². The van der Waals surface area contributed by atoms with E-state index in [1.165, 1.54) is 4.90 Å². The van der Waals surface area contributed by atoms with Gasteiger partial charge in [-0.15, -0.1) is 0 Å². The molecule has 190 valence electrons. The molecule has 0 aliphatic carbocycles. The Bertz CT molecular complexity index is 1170. The highest BCUT2D eigenvalue weighted by Crippen LogP contribution is 2.44. The van der Waals surface area contributed by atoms with Crippen LogP contribution in [0.15, 0.2) is 48.5 Å². The summed E-state index contributed by atoms with van der Waals surface area (Å²) in [5, 5.41) is 9.79. The van der Waals surface area contributed by atoms with Crippen LogP contribution in [-0.4, -0.2) is 53.4 Å². The molecule has 1 heterocycles. The van der Waals surface area contributed by atoms with Crippen LogP contribution in [0.5, 0.6) is 0 Å². The third kappa shape index (κ3) is 6.36. The lowest BCUT2D eigenvalue weighted by Gasteiger charge is -2.48. The van der Waals surface area contributed by atoms with Crippen LogP contribution < -0.4 is 0 Å². The zero-order chi connectivity index (χ0) is 25.9. The molecule has 1 amide bonds. The number of carboxylic acid groups (broad SMARTS) is 1. The summed E-state index contributed by atoms with van der Waals surface area (Å²) in [6.07, 6.45) is -2.26. The molecule has 2 unspecified atom stereocenters. The van der Waals surface area contributed by atoms with Crippen LogP contribution in [0.3, 0.4) is 0 Å². The average Bonchev–Trinajstić information content (AvgIpc) is 2.79. The highest BCUT2D eigenvalue weighted by Gasteiger charge is 2.47. The first-order chi connectivity index (χ1) is 16.4. The third-order valence-corrected chi connectivity index (χ3v) is 8.96. The first kappa shape index (κ1) is 27.5. The van der Waals surface area contributed by atoms with E-state index in [-0.39, 0.29) is 5.75 Å². The van der Waals surface area contributed by atoms with Gasteiger partial charge in [0.1, 0.15) is 12.2 Å². The number of halogens is 2. The minimum atomic E-state index is -3.52. The third-order valence-electron chi connectivity index (χ3n) is 6.18. The molecule has 10 heteroatoms. The Morgan fingerprint density at radius 3 is 2.29 bits per heavy atom. The van der Waals surface area contributed by atoms with Gasteiger partial charge in [-0.05, 0) is 55.7 Å². The lowest BCUT2D eigenvalue weighted by molar-refractivity contribution is -0.182. The van der Waals surface area contributed by atoms with Crippen LogP contribution in [0.2, 0.25) is 10.0 Å². The van der Waals surface area contributed by atoms with Gasteiger partial charge in [0.15, 0.2) is 9.84 Å². The minimum absolute atomic E-state index is 0.251. The normalized spacial score (nSPS) is 21.8. The number of rotatable bonds is 9. The maximum absolute atomic E-state index is 13.7. The Labute approximate surface area is 215 Å². The lowest BCUT2D eigenvalue weighted by Crippen LogP contribution is -2.56. The van der Waals surface area contributed by atoms with Gasteiger partial charge in [-0.1, -0.05) is 54.4 Å². The van der Waals surface area contributed by atoms with Crippen LogP contribution >= 0.6 is 23.2 Å². The second-order valence-electron chi connectivity index (χ2n) is 8.88. The van der Waals surface area contributed by atoms with E-state index < -0.39 is 57.7 Å². The number of sulfone groups is 1.